The van der Waals surface area contributed by atoms with Gasteiger partial charge in [-0.1, -0.05) is 12.8 Å². The summed E-state index contributed by atoms with van der Waals surface area (Å²) in [6.45, 7) is 4.95. The molecule has 1 aliphatic heterocycles. The highest BCUT2D eigenvalue weighted by atomic mass is 16.5. The van der Waals surface area contributed by atoms with Crippen molar-refractivity contribution in [3.63, 3.8) is 0 Å². The van der Waals surface area contributed by atoms with E-state index in [9.17, 15) is 0 Å². The van der Waals surface area contributed by atoms with Crippen molar-refractivity contribution in [3.05, 3.63) is 0 Å². The third-order valence-corrected chi connectivity index (χ3v) is 3.31. The summed E-state index contributed by atoms with van der Waals surface area (Å²) in [5, 5.41) is 0. The smallest absolute Gasteiger partial charge is 0.189 e. The van der Waals surface area contributed by atoms with Crippen LogP contribution in [0.2, 0.25) is 0 Å². The number of methoxy groups -OCH3 is 1. The molecule has 1 heterocycles. The van der Waals surface area contributed by atoms with Crippen LogP contribution in [0.25, 0.3) is 0 Å². The zero-order valence-corrected chi connectivity index (χ0v) is 9.95. The van der Waals surface area contributed by atoms with E-state index in [-0.39, 0.29) is 5.54 Å². The number of hydrogen-bond acceptors (Lipinski definition) is 3. The molecular formula is C12H21NO2. The molecule has 1 aliphatic carbocycles. The fourth-order valence-electron chi connectivity index (χ4n) is 2.46. The molecule has 3 heteroatoms. The van der Waals surface area contributed by atoms with E-state index in [1.54, 1.807) is 7.11 Å². The largest absolute Gasteiger partial charge is 0.478 e. The Hall–Kier alpha value is -0.570. The Labute approximate surface area is 91.9 Å². The van der Waals surface area contributed by atoms with Crippen LogP contribution in [0.1, 0.15) is 39.5 Å². The third-order valence-electron chi connectivity index (χ3n) is 3.31. The molecule has 0 N–H and O–H groups in total. The zero-order valence-electron chi connectivity index (χ0n) is 9.95. The van der Waals surface area contributed by atoms with Crippen LogP contribution in [0.4, 0.5) is 0 Å². The molecule has 1 saturated carbocycles. The van der Waals surface area contributed by atoms with E-state index in [4.69, 9.17) is 9.47 Å². The first-order valence-electron chi connectivity index (χ1n) is 5.88. The van der Waals surface area contributed by atoms with E-state index < -0.39 is 0 Å². The van der Waals surface area contributed by atoms with Gasteiger partial charge in [-0.3, -0.25) is 0 Å². The molecule has 15 heavy (non-hydrogen) atoms. The molecule has 0 bridgehead atoms. The molecule has 0 saturated heterocycles. The predicted molar refractivity (Wildman–Crippen MR) is 60.2 cm³/mol. The molecule has 86 valence electrons. The maximum Gasteiger partial charge on any atom is 0.189 e. The van der Waals surface area contributed by atoms with Gasteiger partial charge in [-0.15, -0.1) is 0 Å². The van der Waals surface area contributed by atoms with Crippen molar-refractivity contribution in [2.24, 2.45) is 10.9 Å². The second-order valence-electron chi connectivity index (χ2n) is 5.22. The summed E-state index contributed by atoms with van der Waals surface area (Å²) in [7, 11) is 1.80. The quantitative estimate of drug-likeness (QED) is 0.702. The standard InChI is InChI=1S/C12H21NO2/c1-12(2)8-15-11(13-12)9-6-4-5-7-10(9)14-3/h9-10H,4-8H2,1-3H3. The molecule has 0 radical (unpaired) electrons. The summed E-state index contributed by atoms with van der Waals surface area (Å²) < 4.78 is 11.2. The Bertz CT molecular complexity index is 260. The van der Waals surface area contributed by atoms with Crippen LogP contribution >= 0.6 is 0 Å². The van der Waals surface area contributed by atoms with E-state index >= 15 is 0 Å². The lowest BCUT2D eigenvalue weighted by Gasteiger charge is -2.29. The summed E-state index contributed by atoms with van der Waals surface area (Å²) in [5.41, 5.74) is -0.0366. The average Bonchev–Trinajstić information content (AvgIpc) is 2.59. The van der Waals surface area contributed by atoms with Gasteiger partial charge in [0.2, 0.25) is 0 Å². The maximum absolute atomic E-state index is 5.71. The number of aliphatic imine (C=N–C) groups is 1. The highest BCUT2D eigenvalue weighted by Gasteiger charge is 2.36. The van der Waals surface area contributed by atoms with E-state index in [0.717, 1.165) is 25.3 Å². The fourth-order valence-corrected chi connectivity index (χ4v) is 2.46. The van der Waals surface area contributed by atoms with Crippen molar-refractivity contribution in [2.45, 2.75) is 51.2 Å². The van der Waals surface area contributed by atoms with Crippen molar-refractivity contribution in [2.75, 3.05) is 13.7 Å². The molecule has 0 spiro atoms. The van der Waals surface area contributed by atoms with Crippen LogP contribution < -0.4 is 0 Å². The van der Waals surface area contributed by atoms with Crippen LogP contribution in [-0.4, -0.2) is 31.3 Å². The lowest BCUT2D eigenvalue weighted by Crippen LogP contribution is -2.33. The zero-order chi connectivity index (χ0) is 10.9. The minimum Gasteiger partial charge on any atom is -0.478 e. The molecule has 0 aromatic rings. The fraction of sp³-hybridized carbons (Fsp3) is 0.917. The summed E-state index contributed by atoms with van der Waals surface area (Å²) in [4.78, 5) is 4.66. The van der Waals surface area contributed by atoms with Crippen molar-refractivity contribution in [1.82, 2.24) is 0 Å². The molecule has 0 amide bonds. The van der Waals surface area contributed by atoms with E-state index in [0.29, 0.717) is 12.0 Å². The minimum absolute atomic E-state index is 0.0366. The minimum atomic E-state index is -0.0366. The van der Waals surface area contributed by atoms with Crippen molar-refractivity contribution in [1.29, 1.82) is 0 Å². The Morgan fingerprint density at radius 1 is 1.33 bits per heavy atom. The van der Waals surface area contributed by atoms with E-state index in [1.165, 1.54) is 12.8 Å². The van der Waals surface area contributed by atoms with Gasteiger partial charge in [-0.2, -0.15) is 0 Å². The maximum atomic E-state index is 5.71. The van der Waals surface area contributed by atoms with Crippen molar-refractivity contribution >= 4 is 5.90 Å². The predicted octanol–water partition coefficient (Wildman–Crippen LogP) is 2.40. The van der Waals surface area contributed by atoms with Crippen LogP contribution in [0.15, 0.2) is 4.99 Å². The van der Waals surface area contributed by atoms with Crippen LogP contribution in [0, 0.1) is 5.92 Å². The number of rotatable bonds is 2. The SMILES string of the molecule is COC1CCCCC1C1=NC(C)(C)CO1. The normalized spacial score (nSPS) is 34.7. The summed E-state index contributed by atoms with van der Waals surface area (Å²) >= 11 is 0. The summed E-state index contributed by atoms with van der Waals surface area (Å²) in [6, 6.07) is 0. The van der Waals surface area contributed by atoms with Gasteiger partial charge in [-0.25, -0.2) is 4.99 Å². The highest BCUT2D eigenvalue weighted by Crippen LogP contribution is 2.31. The monoisotopic (exact) mass is 211 g/mol. The Morgan fingerprint density at radius 2 is 2.07 bits per heavy atom. The third kappa shape index (κ3) is 2.33. The molecule has 3 nitrogen and oxygen atoms in total. The van der Waals surface area contributed by atoms with Crippen LogP contribution in [0.3, 0.4) is 0 Å². The number of hydrogen-bond donors (Lipinski definition) is 0. The van der Waals surface area contributed by atoms with Gasteiger partial charge < -0.3 is 9.47 Å². The van der Waals surface area contributed by atoms with Crippen molar-refractivity contribution in [3.8, 4) is 0 Å². The Morgan fingerprint density at radius 3 is 2.67 bits per heavy atom. The number of nitrogens with zero attached hydrogens (tertiary/aromatic N) is 1. The highest BCUT2D eigenvalue weighted by molar-refractivity contribution is 5.81. The Balaban J connectivity index is 2.08. The Kier molecular flexibility index (Phi) is 3.01. The van der Waals surface area contributed by atoms with Gasteiger partial charge in [0.25, 0.3) is 0 Å². The molecule has 2 atom stereocenters. The van der Waals surface area contributed by atoms with Gasteiger partial charge in [0.15, 0.2) is 5.90 Å². The van der Waals surface area contributed by atoms with E-state index in [1.807, 2.05) is 0 Å². The van der Waals surface area contributed by atoms with E-state index in [2.05, 4.69) is 18.8 Å². The molecule has 2 unspecified atom stereocenters. The van der Waals surface area contributed by atoms with Crippen LogP contribution in [0.5, 0.6) is 0 Å². The first kappa shape index (κ1) is 10.9. The van der Waals surface area contributed by atoms with Gasteiger partial charge in [0, 0.05) is 7.11 Å². The van der Waals surface area contributed by atoms with Gasteiger partial charge in [-0.05, 0) is 26.7 Å². The molecule has 1 fully saturated rings. The molecular weight excluding hydrogens is 190 g/mol. The molecule has 2 aliphatic rings. The number of ether oxygens (including phenoxy) is 2. The topological polar surface area (TPSA) is 30.8 Å². The van der Waals surface area contributed by atoms with Gasteiger partial charge in [0.05, 0.1) is 17.6 Å². The van der Waals surface area contributed by atoms with Crippen molar-refractivity contribution < 1.29 is 9.47 Å². The first-order valence-corrected chi connectivity index (χ1v) is 5.88. The summed E-state index contributed by atoms with van der Waals surface area (Å²) in [6.07, 6.45) is 5.16. The van der Waals surface area contributed by atoms with Crippen LogP contribution in [-0.2, 0) is 9.47 Å². The van der Waals surface area contributed by atoms with Gasteiger partial charge >= 0.3 is 0 Å². The lowest BCUT2D eigenvalue weighted by molar-refractivity contribution is 0.0406. The second-order valence-corrected chi connectivity index (χ2v) is 5.22. The first-order chi connectivity index (χ1) is 7.12. The molecule has 0 aromatic carbocycles. The second kappa shape index (κ2) is 4.12. The molecule has 2 rings (SSSR count). The van der Waals surface area contributed by atoms with Gasteiger partial charge in [0.1, 0.15) is 6.61 Å². The molecule has 0 aromatic heterocycles. The average molecular weight is 211 g/mol. The summed E-state index contributed by atoms with van der Waals surface area (Å²) in [5.74, 6) is 1.33. The lowest BCUT2D eigenvalue weighted by atomic mass is 9.86.